The zero-order chi connectivity index (χ0) is 7.84. The predicted molar refractivity (Wildman–Crippen MR) is 52.0 cm³/mol. The van der Waals surface area contributed by atoms with Crippen molar-refractivity contribution in [1.29, 1.82) is 0 Å². The quantitative estimate of drug-likeness (QED) is 0.693. The molecule has 0 aliphatic heterocycles. The molecule has 0 bridgehead atoms. The normalized spacial score (nSPS) is 10.7. The highest BCUT2D eigenvalue weighted by atomic mass is 127. The molecule has 0 saturated heterocycles. The van der Waals surface area contributed by atoms with Gasteiger partial charge in [-0.05, 0) is 6.07 Å². The Balaban J connectivity index is 2.94. The second-order valence-electron chi connectivity index (χ2n) is 2.02. The van der Waals surface area contributed by atoms with Crippen molar-refractivity contribution < 1.29 is 0 Å². The van der Waals surface area contributed by atoms with Gasteiger partial charge in [0.2, 0.25) is 0 Å². The molecule has 11 heavy (non-hydrogen) atoms. The Labute approximate surface area is 81.9 Å². The molecule has 2 aromatic rings. The first-order chi connectivity index (χ1) is 5.29. The highest BCUT2D eigenvalue weighted by Gasteiger charge is 2.03. The molecule has 0 fully saturated rings. The minimum Gasteiger partial charge on any atom is -0.255 e. The van der Waals surface area contributed by atoms with Crippen LogP contribution in [0.2, 0.25) is 5.02 Å². The van der Waals surface area contributed by atoms with E-state index in [1.165, 1.54) is 0 Å². The Morgan fingerprint density at radius 2 is 2.27 bits per heavy atom. The molecule has 3 nitrogen and oxygen atoms in total. The van der Waals surface area contributed by atoms with Gasteiger partial charge in [-0.1, -0.05) is 11.6 Å². The maximum atomic E-state index is 5.85. The summed E-state index contributed by atoms with van der Waals surface area (Å²) in [6.07, 6.45) is 3.35. The summed E-state index contributed by atoms with van der Waals surface area (Å²) in [6, 6.07) is 1.73. The van der Waals surface area contributed by atoms with Gasteiger partial charge in [0.05, 0.1) is 27.9 Å². The first-order valence-corrected chi connectivity index (χ1v) is 4.27. The van der Waals surface area contributed by atoms with E-state index < -0.39 is 0 Å². The summed E-state index contributed by atoms with van der Waals surface area (Å²) in [5, 5.41) is 0.644. The van der Waals surface area contributed by atoms with Crippen LogP contribution in [0, 0.1) is 0 Å². The third-order valence-corrected chi connectivity index (χ3v) is 2.36. The fourth-order valence-electron chi connectivity index (χ4n) is 0.859. The molecule has 0 aliphatic carbocycles. The van der Waals surface area contributed by atoms with Gasteiger partial charge in [-0.2, -0.15) is 0 Å². The number of hydrogen-bond acceptors (Lipinski definition) is 2. The molecule has 2 rings (SSSR count). The Morgan fingerprint density at radius 1 is 1.45 bits per heavy atom. The second-order valence-corrected chi connectivity index (χ2v) is 3.47. The molecule has 0 atom stereocenters. The molecule has 0 aromatic carbocycles. The van der Waals surface area contributed by atoms with Gasteiger partial charge < -0.3 is 0 Å². The van der Waals surface area contributed by atoms with Crippen LogP contribution in [0.3, 0.4) is 0 Å². The zero-order valence-corrected chi connectivity index (χ0v) is 8.24. The van der Waals surface area contributed by atoms with Crippen molar-refractivity contribution in [1.82, 2.24) is 12.7 Å². The highest BCUT2D eigenvalue weighted by Crippen LogP contribution is 2.20. The van der Waals surface area contributed by atoms with Gasteiger partial charge in [-0.25, -0.2) is 9.97 Å². The van der Waals surface area contributed by atoms with E-state index in [2.05, 4.69) is 32.8 Å². The average Bonchev–Trinajstić information content (AvgIpc) is 2.35. The summed E-state index contributed by atoms with van der Waals surface area (Å²) in [5.41, 5.74) is 1.56. The lowest BCUT2D eigenvalue weighted by molar-refractivity contribution is 1.27. The molecule has 0 radical (unpaired) electrons. The fourth-order valence-corrected chi connectivity index (χ4v) is 1.53. The SMILES string of the molecule is Clc1ccnc2c1ncn2I. The van der Waals surface area contributed by atoms with Crippen LogP contribution in [0.1, 0.15) is 0 Å². The average molecular weight is 279 g/mol. The number of pyridine rings is 1. The minimum absolute atomic E-state index is 0.644. The van der Waals surface area contributed by atoms with E-state index in [-0.39, 0.29) is 0 Å². The van der Waals surface area contributed by atoms with Gasteiger partial charge in [-0.3, -0.25) is 2.78 Å². The lowest BCUT2D eigenvalue weighted by Gasteiger charge is -1.90. The number of halogens is 2. The van der Waals surface area contributed by atoms with Crippen LogP contribution in [0.15, 0.2) is 18.6 Å². The molecule has 0 N–H and O–H groups in total. The van der Waals surface area contributed by atoms with Crippen LogP contribution in [0.4, 0.5) is 0 Å². The third kappa shape index (κ3) is 1.10. The van der Waals surface area contributed by atoms with E-state index >= 15 is 0 Å². The molecule has 0 saturated carbocycles. The first-order valence-electron chi connectivity index (χ1n) is 2.93. The predicted octanol–water partition coefficient (Wildman–Crippen LogP) is 2.28. The maximum Gasteiger partial charge on any atom is 0.170 e. The number of hydrogen-bond donors (Lipinski definition) is 0. The van der Waals surface area contributed by atoms with Gasteiger partial charge in [0.15, 0.2) is 5.65 Å². The molecule has 5 heteroatoms. The summed E-state index contributed by atoms with van der Waals surface area (Å²) in [5.74, 6) is 0. The van der Waals surface area contributed by atoms with E-state index in [9.17, 15) is 0 Å². The van der Waals surface area contributed by atoms with Crippen molar-refractivity contribution in [2.24, 2.45) is 0 Å². The van der Waals surface area contributed by atoms with Crippen LogP contribution >= 0.6 is 34.5 Å². The van der Waals surface area contributed by atoms with E-state index in [0.29, 0.717) is 5.02 Å². The smallest absolute Gasteiger partial charge is 0.170 e. The monoisotopic (exact) mass is 279 g/mol. The van der Waals surface area contributed by atoms with Crippen molar-refractivity contribution in [3.05, 3.63) is 23.6 Å². The van der Waals surface area contributed by atoms with E-state index in [4.69, 9.17) is 11.6 Å². The molecule has 0 spiro atoms. The van der Waals surface area contributed by atoms with Crippen LogP contribution in [-0.4, -0.2) is 12.7 Å². The molecular weight excluding hydrogens is 276 g/mol. The number of imidazole rings is 1. The molecule has 0 aliphatic rings. The van der Waals surface area contributed by atoms with Gasteiger partial charge in [0.1, 0.15) is 11.8 Å². The fraction of sp³-hybridized carbons (Fsp3) is 0. The summed E-state index contributed by atoms with van der Waals surface area (Å²) in [7, 11) is 0. The van der Waals surface area contributed by atoms with Crippen molar-refractivity contribution in [3.8, 4) is 0 Å². The van der Waals surface area contributed by atoms with E-state index in [1.807, 2.05) is 0 Å². The number of nitrogens with zero attached hydrogens (tertiary/aromatic N) is 3. The summed E-state index contributed by atoms with van der Waals surface area (Å²) >= 11 is 7.95. The molecule has 2 heterocycles. The maximum absolute atomic E-state index is 5.85. The van der Waals surface area contributed by atoms with Crippen LogP contribution < -0.4 is 0 Å². The lowest BCUT2D eigenvalue weighted by atomic mass is 10.4. The summed E-state index contributed by atoms with van der Waals surface area (Å²) in [6.45, 7) is 0. The van der Waals surface area contributed by atoms with Crippen molar-refractivity contribution >= 4 is 45.6 Å². The largest absolute Gasteiger partial charge is 0.255 e. The number of fused-ring (bicyclic) bond motifs is 1. The Hall–Kier alpha value is -0.360. The van der Waals surface area contributed by atoms with Crippen LogP contribution in [0.5, 0.6) is 0 Å². The Morgan fingerprint density at radius 3 is 3.00 bits per heavy atom. The summed E-state index contributed by atoms with van der Waals surface area (Å²) in [4.78, 5) is 8.19. The highest BCUT2D eigenvalue weighted by molar-refractivity contribution is 14.1. The first kappa shape index (κ1) is 7.30. The zero-order valence-electron chi connectivity index (χ0n) is 5.33. The molecule has 56 valence electrons. The van der Waals surface area contributed by atoms with Crippen molar-refractivity contribution in [2.75, 3.05) is 0 Å². The van der Waals surface area contributed by atoms with Crippen LogP contribution in [0.25, 0.3) is 11.2 Å². The number of rotatable bonds is 0. The molecular formula is C6H3ClIN3. The van der Waals surface area contributed by atoms with Gasteiger partial charge >= 0.3 is 0 Å². The standard InChI is InChI=1S/C6H3ClIN3/c7-4-1-2-9-6-5(4)10-3-11(6)8/h1-3H. The van der Waals surface area contributed by atoms with Gasteiger partial charge in [0.25, 0.3) is 0 Å². The van der Waals surface area contributed by atoms with Gasteiger partial charge in [-0.15, -0.1) is 0 Å². The Kier molecular flexibility index (Phi) is 1.72. The molecule has 0 unspecified atom stereocenters. The lowest BCUT2D eigenvalue weighted by Crippen LogP contribution is -1.79. The summed E-state index contributed by atoms with van der Waals surface area (Å²) < 4.78 is 1.80. The van der Waals surface area contributed by atoms with Crippen molar-refractivity contribution in [3.63, 3.8) is 0 Å². The third-order valence-electron chi connectivity index (χ3n) is 1.35. The number of aromatic nitrogens is 3. The van der Waals surface area contributed by atoms with E-state index in [0.717, 1.165) is 11.2 Å². The Bertz CT molecular complexity index is 398. The van der Waals surface area contributed by atoms with Crippen LogP contribution in [-0.2, 0) is 0 Å². The minimum atomic E-state index is 0.644. The van der Waals surface area contributed by atoms with Gasteiger partial charge in [0, 0.05) is 6.20 Å². The van der Waals surface area contributed by atoms with E-state index in [1.54, 1.807) is 21.4 Å². The topological polar surface area (TPSA) is 30.7 Å². The van der Waals surface area contributed by atoms with Crippen molar-refractivity contribution in [2.45, 2.75) is 0 Å². The second kappa shape index (κ2) is 2.60. The molecule has 2 aromatic heterocycles. The molecule has 0 amide bonds.